The van der Waals surface area contributed by atoms with E-state index in [0.29, 0.717) is 36.3 Å². The molecule has 2 heterocycles. The topological polar surface area (TPSA) is 131 Å². The Morgan fingerprint density at radius 1 is 1.02 bits per heavy atom. The highest BCUT2D eigenvalue weighted by molar-refractivity contribution is 6.31. The molecule has 1 atom stereocenters. The number of hydrogen-bond donors (Lipinski definition) is 2. The highest BCUT2D eigenvalue weighted by Crippen LogP contribution is 2.30. The van der Waals surface area contributed by atoms with E-state index in [1.54, 1.807) is 30.3 Å². The molecule has 1 fully saturated rings. The minimum Gasteiger partial charge on any atom is -0.488 e. The van der Waals surface area contributed by atoms with Crippen LogP contribution in [0.25, 0.3) is 0 Å². The second-order valence-electron chi connectivity index (χ2n) is 10.5. The number of pyridine rings is 1. The predicted molar refractivity (Wildman–Crippen MR) is 164 cm³/mol. The molecular formula is C30H31Cl2N5O6. The number of nitrogens with one attached hydrogen (secondary N) is 2. The van der Waals surface area contributed by atoms with Crippen LogP contribution in [0.2, 0.25) is 10.0 Å². The number of amides is 2. The van der Waals surface area contributed by atoms with Crippen molar-refractivity contribution in [3.63, 3.8) is 0 Å². The molecule has 1 aliphatic heterocycles. The largest absolute Gasteiger partial charge is 0.488 e. The lowest BCUT2D eigenvalue weighted by atomic mass is 10.1. The Labute approximate surface area is 259 Å². The summed E-state index contributed by atoms with van der Waals surface area (Å²) in [6, 6.07) is 12.8. The quantitative estimate of drug-likeness (QED) is 0.220. The summed E-state index contributed by atoms with van der Waals surface area (Å²) in [4.78, 5) is 47.7. The zero-order chi connectivity index (χ0) is 31.0. The van der Waals surface area contributed by atoms with Gasteiger partial charge in [0.05, 0.1) is 40.7 Å². The molecule has 2 N–H and O–H groups in total. The zero-order valence-corrected chi connectivity index (χ0v) is 25.4. The van der Waals surface area contributed by atoms with Gasteiger partial charge in [0.1, 0.15) is 18.2 Å². The summed E-state index contributed by atoms with van der Waals surface area (Å²) in [5.41, 5.74) is 0.704. The number of ether oxygens (including phenoxy) is 3. The van der Waals surface area contributed by atoms with Crippen molar-refractivity contribution in [2.75, 3.05) is 48.4 Å². The van der Waals surface area contributed by atoms with Gasteiger partial charge in [-0.15, -0.1) is 0 Å². The van der Waals surface area contributed by atoms with Crippen LogP contribution in [0.4, 0.5) is 17.2 Å². The highest BCUT2D eigenvalue weighted by Gasteiger charge is 2.23. The zero-order valence-electron chi connectivity index (χ0n) is 23.9. The minimum atomic E-state index is -0.954. The standard InChI is InChI=1S/C30H31Cl2N5O6/c1-30(2,3)43-27(34-18-38)17-42-25-15-21(37-10-12-41-13-11-37)6-8-23(25)29(40)35-24-14-19(31)4-7-22(24)28(39)36-26-9-5-20(32)16-33-26/h4-9,14-16,27H,10-13,17H2,1-3H3,(H,35,40)(H,33,36,39). The molecule has 43 heavy (non-hydrogen) atoms. The number of nitrogens with zero attached hydrogens (tertiary/aromatic N) is 3. The van der Waals surface area contributed by atoms with E-state index in [2.05, 4.69) is 25.5 Å². The van der Waals surface area contributed by atoms with Gasteiger partial charge in [0, 0.05) is 36.1 Å². The fraction of sp³-hybridized carbons (Fsp3) is 0.333. The van der Waals surface area contributed by atoms with Gasteiger partial charge in [-0.05, 0) is 63.2 Å². The molecule has 0 bridgehead atoms. The Balaban J connectivity index is 1.61. The number of benzene rings is 2. The Kier molecular flexibility index (Phi) is 10.7. The maximum atomic E-state index is 13.7. The molecule has 11 nitrogen and oxygen atoms in total. The number of halogens is 2. The number of rotatable bonds is 10. The molecule has 0 saturated carbocycles. The predicted octanol–water partition coefficient (Wildman–Crippen LogP) is 5.59. The number of hydrogen-bond acceptors (Lipinski definition) is 9. The SMILES string of the molecule is CC(C)(C)OC(COc1cc(N2CCOCC2)ccc1C(=O)Nc1cc(Cl)ccc1C(=O)Nc1ccc(Cl)cn1)N=C=O. The second kappa shape index (κ2) is 14.5. The van der Waals surface area contributed by atoms with Gasteiger partial charge in [-0.3, -0.25) is 9.59 Å². The number of carbonyl (C=O) groups is 2. The van der Waals surface area contributed by atoms with E-state index in [0.717, 1.165) is 5.69 Å². The van der Waals surface area contributed by atoms with Crippen LogP contribution in [0.5, 0.6) is 5.75 Å². The third-order valence-electron chi connectivity index (χ3n) is 6.10. The molecular weight excluding hydrogens is 597 g/mol. The lowest BCUT2D eigenvalue weighted by molar-refractivity contribution is -0.0713. The molecule has 0 aliphatic carbocycles. The third-order valence-corrected chi connectivity index (χ3v) is 6.56. The van der Waals surface area contributed by atoms with Gasteiger partial charge in [-0.2, -0.15) is 4.99 Å². The van der Waals surface area contributed by atoms with Crippen LogP contribution >= 0.6 is 23.2 Å². The summed E-state index contributed by atoms with van der Waals surface area (Å²) in [7, 11) is 0. The van der Waals surface area contributed by atoms with Crippen LogP contribution < -0.4 is 20.3 Å². The van der Waals surface area contributed by atoms with Crippen LogP contribution in [0.3, 0.4) is 0 Å². The van der Waals surface area contributed by atoms with Crippen molar-refractivity contribution in [2.24, 2.45) is 4.99 Å². The van der Waals surface area contributed by atoms with E-state index in [1.807, 2.05) is 20.8 Å². The smallest absolute Gasteiger partial charge is 0.259 e. The van der Waals surface area contributed by atoms with Gasteiger partial charge in [0.25, 0.3) is 11.8 Å². The molecule has 0 spiro atoms. The van der Waals surface area contributed by atoms with E-state index in [9.17, 15) is 14.4 Å². The average molecular weight is 629 g/mol. The number of morpholine rings is 1. The van der Waals surface area contributed by atoms with E-state index >= 15 is 0 Å². The van der Waals surface area contributed by atoms with Crippen LogP contribution in [-0.4, -0.2) is 67.6 Å². The van der Waals surface area contributed by atoms with E-state index < -0.39 is 23.6 Å². The first-order chi connectivity index (χ1) is 20.5. The van der Waals surface area contributed by atoms with Crippen molar-refractivity contribution in [1.82, 2.24) is 4.98 Å². The van der Waals surface area contributed by atoms with Crippen molar-refractivity contribution in [2.45, 2.75) is 32.6 Å². The van der Waals surface area contributed by atoms with Crippen molar-refractivity contribution >= 4 is 58.3 Å². The maximum Gasteiger partial charge on any atom is 0.259 e. The highest BCUT2D eigenvalue weighted by atomic mass is 35.5. The van der Waals surface area contributed by atoms with Crippen molar-refractivity contribution in [3.8, 4) is 5.75 Å². The lowest BCUT2D eigenvalue weighted by Crippen LogP contribution is -2.36. The Morgan fingerprint density at radius 3 is 2.40 bits per heavy atom. The van der Waals surface area contributed by atoms with E-state index in [1.165, 1.54) is 30.5 Å². The summed E-state index contributed by atoms with van der Waals surface area (Å²) in [5.74, 6) is -0.573. The van der Waals surface area contributed by atoms with Gasteiger partial charge >= 0.3 is 0 Å². The van der Waals surface area contributed by atoms with Crippen molar-refractivity contribution in [3.05, 3.63) is 75.9 Å². The van der Waals surface area contributed by atoms with Crippen LogP contribution in [0.15, 0.2) is 59.7 Å². The van der Waals surface area contributed by atoms with Gasteiger partial charge in [0.15, 0.2) is 6.23 Å². The molecule has 1 aliphatic rings. The molecule has 2 amide bonds. The Morgan fingerprint density at radius 2 is 1.72 bits per heavy atom. The normalized spacial score (nSPS) is 13.9. The molecule has 2 aromatic carbocycles. The van der Waals surface area contributed by atoms with Gasteiger partial charge in [-0.1, -0.05) is 23.2 Å². The van der Waals surface area contributed by atoms with Crippen LogP contribution in [-0.2, 0) is 14.3 Å². The first kappa shape index (κ1) is 31.9. The molecule has 226 valence electrons. The monoisotopic (exact) mass is 627 g/mol. The summed E-state index contributed by atoms with van der Waals surface area (Å²) in [5, 5.41) is 6.19. The average Bonchev–Trinajstić information content (AvgIpc) is 2.97. The Bertz CT molecular complexity index is 1500. The van der Waals surface area contributed by atoms with E-state index in [4.69, 9.17) is 37.4 Å². The number of anilines is 3. The summed E-state index contributed by atoms with van der Waals surface area (Å²) in [6.45, 7) is 7.77. The molecule has 1 aromatic heterocycles. The van der Waals surface area contributed by atoms with Gasteiger partial charge < -0.3 is 29.7 Å². The van der Waals surface area contributed by atoms with Crippen molar-refractivity contribution < 1.29 is 28.6 Å². The van der Waals surface area contributed by atoms with Gasteiger partial charge in [-0.25, -0.2) is 9.78 Å². The molecule has 0 radical (unpaired) electrons. The molecule has 3 aromatic rings. The molecule has 13 heteroatoms. The summed E-state index contributed by atoms with van der Waals surface area (Å²) < 4.78 is 17.3. The van der Waals surface area contributed by atoms with E-state index in [-0.39, 0.29) is 35.0 Å². The number of isocyanates is 1. The number of carbonyl (C=O) groups excluding carboxylic acids is 3. The number of aliphatic imine (C=N–C) groups is 1. The van der Waals surface area contributed by atoms with Gasteiger partial charge in [0.2, 0.25) is 6.08 Å². The first-order valence-corrected chi connectivity index (χ1v) is 14.2. The minimum absolute atomic E-state index is 0.154. The lowest BCUT2D eigenvalue weighted by Gasteiger charge is -2.29. The molecule has 1 saturated heterocycles. The second-order valence-corrected chi connectivity index (χ2v) is 11.3. The number of aromatic nitrogens is 1. The molecule has 4 rings (SSSR count). The van der Waals surface area contributed by atoms with Crippen molar-refractivity contribution in [1.29, 1.82) is 0 Å². The molecule has 1 unspecified atom stereocenters. The first-order valence-electron chi connectivity index (χ1n) is 13.4. The maximum absolute atomic E-state index is 13.7. The fourth-order valence-electron chi connectivity index (χ4n) is 4.20. The summed E-state index contributed by atoms with van der Waals surface area (Å²) in [6.07, 6.45) is 1.96. The Hall–Kier alpha value is -3.99. The van der Waals surface area contributed by atoms with Crippen LogP contribution in [0.1, 0.15) is 41.5 Å². The van der Waals surface area contributed by atoms with Crippen LogP contribution in [0, 0.1) is 0 Å². The third kappa shape index (κ3) is 9.25. The fourth-order valence-corrected chi connectivity index (χ4v) is 4.49. The summed E-state index contributed by atoms with van der Waals surface area (Å²) >= 11 is 12.1.